The number of piperidine rings is 1. The van der Waals surface area contributed by atoms with Gasteiger partial charge in [0.15, 0.2) is 4.96 Å². The number of benzene rings is 2. The van der Waals surface area contributed by atoms with E-state index in [2.05, 4.69) is 15.5 Å². The Morgan fingerprint density at radius 1 is 1.19 bits per heavy atom. The van der Waals surface area contributed by atoms with Crippen LogP contribution in [0.25, 0.3) is 26.4 Å². The summed E-state index contributed by atoms with van der Waals surface area (Å²) in [5.74, 6) is -0.340. The lowest BCUT2D eigenvalue weighted by atomic mass is 9.97. The van der Waals surface area contributed by atoms with Crippen LogP contribution in [-0.2, 0) is 13.0 Å². The van der Waals surface area contributed by atoms with Gasteiger partial charge in [0.2, 0.25) is 0 Å². The zero-order valence-corrected chi connectivity index (χ0v) is 20.8. The van der Waals surface area contributed by atoms with Crippen LogP contribution in [0.1, 0.15) is 40.7 Å². The Bertz CT molecular complexity index is 1420. The molecule has 2 aliphatic rings. The van der Waals surface area contributed by atoms with E-state index in [9.17, 15) is 13.6 Å². The SMILES string of the molecule is O=C(NCCCN1CCC(F)CC1)c1ccc2c(c1)sc1nc(-c3cc4c(cc3F)CCNC4)cn12. The molecule has 0 saturated carbocycles. The standard InChI is InChI=1S/C27H29F2N5OS/c28-20-5-10-33(11-6-20)9-1-7-31-26(35)18-2-3-24-25(14-18)36-27-32-23(16-34(24)27)21-12-19-15-30-8-4-17(19)13-22(21)29/h2-3,12-14,16,20,30H,1,4-11,15H2,(H,31,35). The summed E-state index contributed by atoms with van der Waals surface area (Å²) in [5.41, 5.74) is 4.88. The third-order valence-electron chi connectivity index (χ3n) is 7.26. The van der Waals surface area contributed by atoms with Gasteiger partial charge in [-0.25, -0.2) is 13.8 Å². The van der Waals surface area contributed by atoms with Crippen LogP contribution in [0, 0.1) is 5.82 Å². The highest BCUT2D eigenvalue weighted by Gasteiger charge is 2.19. The van der Waals surface area contributed by atoms with E-state index in [-0.39, 0.29) is 11.7 Å². The summed E-state index contributed by atoms with van der Waals surface area (Å²) in [6.07, 6.45) is 4.11. The van der Waals surface area contributed by atoms with E-state index in [4.69, 9.17) is 4.98 Å². The first-order valence-electron chi connectivity index (χ1n) is 12.6. The number of hydrogen-bond acceptors (Lipinski definition) is 5. The highest BCUT2D eigenvalue weighted by molar-refractivity contribution is 7.23. The van der Waals surface area contributed by atoms with Crippen LogP contribution in [0.5, 0.6) is 0 Å². The molecule has 2 aliphatic heterocycles. The fourth-order valence-electron chi connectivity index (χ4n) is 5.20. The topological polar surface area (TPSA) is 61.7 Å². The Hall–Kier alpha value is -2.88. The van der Waals surface area contributed by atoms with Crippen molar-refractivity contribution in [1.29, 1.82) is 0 Å². The molecular weight excluding hydrogens is 480 g/mol. The van der Waals surface area contributed by atoms with Crippen LogP contribution in [0.15, 0.2) is 36.5 Å². The van der Waals surface area contributed by atoms with Gasteiger partial charge in [0.1, 0.15) is 12.0 Å². The molecule has 0 unspecified atom stereocenters. The second kappa shape index (κ2) is 9.88. The summed E-state index contributed by atoms with van der Waals surface area (Å²) in [6, 6.07) is 9.19. The highest BCUT2D eigenvalue weighted by atomic mass is 32.1. The number of aromatic nitrogens is 2. The van der Waals surface area contributed by atoms with Gasteiger partial charge in [-0.05, 0) is 80.2 Å². The van der Waals surface area contributed by atoms with Crippen molar-refractivity contribution in [2.75, 3.05) is 32.7 Å². The molecule has 0 spiro atoms. The maximum Gasteiger partial charge on any atom is 0.251 e. The van der Waals surface area contributed by atoms with Crippen molar-refractivity contribution in [3.05, 3.63) is 59.0 Å². The first-order chi connectivity index (χ1) is 17.5. The van der Waals surface area contributed by atoms with Crippen molar-refractivity contribution in [1.82, 2.24) is 24.9 Å². The summed E-state index contributed by atoms with van der Waals surface area (Å²) in [7, 11) is 0. The molecule has 9 heteroatoms. The number of imidazole rings is 1. The van der Waals surface area contributed by atoms with Gasteiger partial charge in [-0.1, -0.05) is 11.3 Å². The number of hydrogen-bond donors (Lipinski definition) is 2. The largest absolute Gasteiger partial charge is 0.352 e. The van der Waals surface area contributed by atoms with Gasteiger partial charge in [-0.15, -0.1) is 0 Å². The van der Waals surface area contributed by atoms with E-state index in [1.54, 1.807) is 6.07 Å². The fourth-order valence-corrected chi connectivity index (χ4v) is 6.25. The lowest BCUT2D eigenvalue weighted by Crippen LogP contribution is -2.36. The second-order valence-corrected chi connectivity index (χ2v) is 10.7. The third kappa shape index (κ3) is 4.63. The molecular formula is C27H29F2N5OS. The Labute approximate surface area is 212 Å². The molecule has 0 atom stereocenters. The zero-order chi connectivity index (χ0) is 24.6. The molecule has 0 bridgehead atoms. The molecule has 6 nitrogen and oxygen atoms in total. The summed E-state index contributed by atoms with van der Waals surface area (Å²) in [4.78, 5) is 20.4. The maximum atomic E-state index is 14.9. The van der Waals surface area contributed by atoms with E-state index in [1.165, 1.54) is 11.3 Å². The Kier molecular flexibility index (Phi) is 6.45. The van der Waals surface area contributed by atoms with Crippen molar-refractivity contribution in [3.8, 4) is 11.3 Å². The number of carbonyl (C=O) groups is 1. The summed E-state index contributed by atoms with van der Waals surface area (Å²) in [6.45, 7) is 4.67. The van der Waals surface area contributed by atoms with Crippen LogP contribution in [0.2, 0.25) is 0 Å². The van der Waals surface area contributed by atoms with Crippen molar-refractivity contribution in [3.63, 3.8) is 0 Å². The number of carbonyl (C=O) groups excluding carboxylic acids is 1. The smallest absolute Gasteiger partial charge is 0.251 e. The number of likely N-dealkylation sites (tertiary alicyclic amines) is 1. The minimum atomic E-state index is -0.662. The van der Waals surface area contributed by atoms with E-state index in [0.29, 0.717) is 36.2 Å². The van der Waals surface area contributed by atoms with Gasteiger partial charge in [-0.2, -0.15) is 0 Å². The number of halogens is 2. The van der Waals surface area contributed by atoms with E-state index in [0.717, 1.165) is 71.9 Å². The molecule has 36 heavy (non-hydrogen) atoms. The molecule has 6 rings (SSSR count). The first-order valence-corrected chi connectivity index (χ1v) is 13.5. The van der Waals surface area contributed by atoms with Gasteiger partial charge >= 0.3 is 0 Å². The van der Waals surface area contributed by atoms with E-state index >= 15 is 0 Å². The lowest BCUT2D eigenvalue weighted by molar-refractivity contribution is 0.0950. The number of nitrogens with one attached hydrogen (secondary N) is 2. The molecule has 4 aromatic rings. The van der Waals surface area contributed by atoms with Crippen LogP contribution in [0.3, 0.4) is 0 Å². The van der Waals surface area contributed by atoms with Gasteiger partial charge in [0, 0.05) is 43.5 Å². The van der Waals surface area contributed by atoms with Gasteiger partial charge in [0.25, 0.3) is 5.91 Å². The minimum absolute atomic E-state index is 0.101. The van der Waals surface area contributed by atoms with Crippen LogP contribution in [-0.4, -0.2) is 59.1 Å². The number of thiazole rings is 1. The lowest BCUT2D eigenvalue weighted by Gasteiger charge is -2.28. The molecule has 0 aliphatic carbocycles. The van der Waals surface area contributed by atoms with Crippen molar-refractivity contribution in [2.24, 2.45) is 0 Å². The van der Waals surface area contributed by atoms with Crippen molar-refractivity contribution in [2.45, 2.75) is 38.4 Å². The summed E-state index contributed by atoms with van der Waals surface area (Å²) < 4.78 is 31.1. The molecule has 1 fully saturated rings. The third-order valence-corrected chi connectivity index (χ3v) is 8.28. The fraction of sp³-hybridized carbons (Fsp3) is 0.407. The number of amides is 1. The van der Waals surface area contributed by atoms with Crippen molar-refractivity contribution < 1.29 is 13.6 Å². The Balaban J connectivity index is 1.14. The average Bonchev–Trinajstić information content (AvgIpc) is 3.44. The number of alkyl halides is 1. The maximum absolute atomic E-state index is 14.9. The number of rotatable bonds is 6. The van der Waals surface area contributed by atoms with Gasteiger partial charge in [0.05, 0.1) is 15.9 Å². The Morgan fingerprint density at radius 2 is 2.06 bits per heavy atom. The number of fused-ring (bicyclic) bond motifs is 4. The molecule has 0 radical (unpaired) electrons. The molecule has 1 amide bonds. The molecule has 2 aromatic heterocycles. The normalized spacial score (nSPS) is 17.1. The molecule has 188 valence electrons. The van der Waals surface area contributed by atoms with Crippen LogP contribution >= 0.6 is 11.3 Å². The summed E-state index contributed by atoms with van der Waals surface area (Å²) >= 11 is 1.49. The summed E-state index contributed by atoms with van der Waals surface area (Å²) in [5, 5.41) is 6.34. The zero-order valence-electron chi connectivity index (χ0n) is 20.0. The van der Waals surface area contributed by atoms with Gasteiger partial charge < -0.3 is 15.5 Å². The molecule has 1 saturated heterocycles. The predicted molar refractivity (Wildman–Crippen MR) is 139 cm³/mol. The van der Waals surface area contributed by atoms with E-state index < -0.39 is 6.17 Å². The first kappa shape index (κ1) is 23.5. The van der Waals surface area contributed by atoms with Crippen LogP contribution < -0.4 is 10.6 Å². The quantitative estimate of drug-likeness (QED) is 0.374. The predicted octanol–water partition coefficient (Wildman–Crippen LogP) is 4.55. The molecule has 4 heterocycles. The minimum Gasteiger partial charge on any atom is -0.352 e. The second-order valence-electron chi connectivity index (χ2n) is 9.72. The highest BCUT2D eigenvalue weighted by Crippen LogP contribution is 2.32. The van der Waals surface area contributed by atoms with Crippen LogP contribution in [0.4, 0.5) is 8.78 Å². The Morgan fingerprint density at radius 3 is 2.92 bits per heavy atom. The molecule has 2 aromatic carbocycles. The van der Waals surface area contributed by atoms with Crippen molar-refractivity contribution >= 4 is 32.4 Å². The van der Waals surface area contributed by atoms with E-state index in [1.807, 2.05) is 34.9 Å². The van der Waals surface area contributed by atoms with Gasteiger partial charge in [-0.3, -0.25) is 9.20 Å². The number of nitrogens with zero attached hydrogens (tertiary/aromatic N) is 3. The average molecular weight is 510 g/mol. The monoisotopic (exact) mass is 509 g/mol. The molecule has 2 N–H and O–H groups in total.